The van der Waals surface area contributed by atoms with Crippen LogP contribution in [0.3, 0.4) is 0 Å². The maximum absolute atomic E-state index is 10.2. The highest BCUT2D eigenvalue weighted by Gasteiger charge is 2.50. The zero-order valence-electron chi connectivity index (χ0n) is 70.5. The van der Waals surface area contributed by atoms with E-state index in [0.717, 1.165) is 16.9 Å². The second-order valence-electron chi connectivity index (χ2n) is 30.0. The number of benzene rings is 6. The molecule has 6 aromatic carbocycles. The van der Waals surface area contributed by atoms with Gasteiger partial charge in [0.1, 0.15) is 17.2 Å². The quantitative estimate of drug-likeness (QED) is 0.0256. The number of phenols is 4. The van der Waals surface area contributed by atoms with E-state index in [1.54, 1.807) is 171 Å². The van der Waals surface area contributed by atoms with Crippen LogP contribution in [0.5, 0.6) is 40.2 Å². The molecule has 4 N–H and O–H groups in total. The fourth-order valence-electron chi connectivity index (χ4n) is 14.7. The van der Waals surface area contributed by atoms with Gasteiger partial charge in [0.25, 0.3) is 0 Å². The van der Waals surface area contributed by atoms with Crippen LogP contribution >= 0.6 is 0 Å². The van der Waals surface area contributed by atoms with Crippen molar-refractivity contribution in [3.63, 3.8) is 0 Å². The lowest BCUT2D eigenvalue weighted by Gasteiger charge is -2.23. The Morgan fingerprint density at radius 1 is 0.339 bits per heavy atom. The maximum atomic E-state index is 10.2. The Morgan fingerprint density at radius 2 is 0.615 bits per heavy atom. The van der Waals surface area contributed by atoms with Crippen LogP contribution < -0.4 is 14.2 Å². The van der Waals surface area contributed by atoms with Gasteiger partial charge in [-0.15, -0.1) is 0 Å². The van der Waals surface area contributed by atoms with Gasteiger partial charge in [-0.2, -0.15) is 0 Å². The molecule has 614 valence electrons. The molecule has 0 saturated heterocycles. The lowest BCUT2D eigenvalue weighted by atomic mass is 9.82. The first kappa shape index (κ1) is 96.8. The summed E-state index contributed by atoms with van der Waals surface area (Å²) in [7, 11) is 1.60. The van der Waals surface area contributed by atoms with Gasteiger partial charge in [-0.05, 0) is 236 Å². The summed E-state index contributed by atoms with van der Waals surface area (Å²) in [5.74, 6) is 12.0. The number of para-hydroxylation sites is 3. The minimum Gasteiger partial charge on any atom is -0.508 e. The molecule has 6 fully saturated rings. The molecular weight excluding hydrogens is 1370 g/mol. The Labute approximate surface area is 659 Å². The van der Waals surface area contributed by atoms with Gasteiger partial charge in [-0.3, -0.25) is 0 Å². The molecule has 6 saturated carbocycles. The fraction of sp³-hybridized carbons (Fsp3) is 0.613. The number of aromatic hydroxyl groups is 4. The number of ether oxygens (including phenoxy) is 12. The second-order valence-corrected chi connectivity index (χ2v) is 30.0. The smallest absolute Gasteiger partial charge is 0.197 e. The van der Waals surface area contributed by atoms with Crippen LogP contribution in [0.25, 0.3) is 0 Å². The van der Waals surface area contributed by atoms with E-state index in [2.05, 4.69) is 79.7 Å². The zero-order valence-corrected chi connectivity index (χ0v) is 70.5. The van der Waals surface area contributed by atoms with E-state index < -0.39 is 12.6 Å². The third-order valence-corrected chi connectivity index (χ3v) is 20.1. The van der Waals surface area contributed by atoms with E-state index in [1.165, 1.54) is 58.5 Å². The van der Waals surface area contributed by atoms with E-state index >= 15 is 0 Å². The summed E-state index contributed by atoms with van der Waals surface area (Å²) < 4.78 is 65.7. The van der Waals surface area contributed by atoms with Crippen LogP contribution in [0.15, 0.2) is 152 Å². The summed E-state index contributed by atoms with van der Waals surface area (Å²) in [5, 5.41) is 37.7. The molecule has 12 atom stereocenters. The summed E-state index contributed by atoms with van der Waals surface area (Å²) in [6, 6.07) is 46.3. The summed E-state index contributed by atoms with van der Waals surface area (Å²) in [6.45, 7) is 41.4. The van der Waals surface area contributed by atoms with Gasteiger partial charge in [-0.25, -0.2) is 0 Å². The van der Waals surface area contributed by atoms with Crippen molar-refractivity contribution in [3.8, 4) is 40.2 Å². The number of rotatable bonds is 29. The topological polar surface area (TPSA) is 192 Å². The maximum Gasteiger partial charge on any atom is 0.197 e. The highest BCUT2D eigenvalue weighted by molar-refractivity contribution is 5.45. The van der Waals surface area contributed by atoms with Crippen molar-refractivity contribution in [2.24, 2.45) is 47.3 Å². The van der Waals surface area contributed by atoms with Crippen molar-refractivity contribution >= 4 is 0 Å². The summed E-state index contributed by atoms with van der Waals surface area (Å²) in [4.78, 5) is 0. The Kier molecular flexibility index (Phi) is 49.6. The first-order valence-corrected chi connectivity index (χ1v) is 41.0. The molecule has 0 spiro atoms. The number of aryl methyl sites for hydroxylation is 2. The van der Waals surface area contributed by atoms with Crippen molar-refractivity contribution in [1.82, 2.24) is 0 Å². The predicted octanol–water partition coefficient (Wildman–Crippen LogP) is 22.2. The van der Waals surface area contributed by atoms with E-state index in [0.29, 0.717) is 102 Å². The van der Waals surface area contributed by atoms with Crippen LogP contribution in [-0.2, 0) is 53.5 Å². The van der Waals surface area contributed by atoms with Crippen molar-refractivity contribution < 1.29 is 77.3 Å². The van der Waals surface area contributed by atoms with E-state index in [-0.39, 0.29) is 34.9 Å². The van der Waals surface area contributed by atoms with Crippen LogP contribution in [-0.4, -0.2) is 132 Å². The molecule has 0 amide bonds. The van der Waals surface area contributed by atoms with E-state index in [9.17, 15) is 10.2 Å². The molecule has 6 aliphatic rings. The van der Waals surface area contributed by atoms with Gasteiger partial charge in [0.15, 0.2) is 48.2 Å². The van der Waals surface area contributed by atoms with Crippen molar-refractivity contribution in [1.29, 1.82) is 0 Å². The minimum absolute atomic E-state index is 0.0523. The molecule has 0 aromatic heterocycles. The molecule has 16 heteroatoms. The largest absolute Gasteiger partial charge is 0.508 e. The molecule has 6 aliphatic carbocycles. The van der Waals surface area contributed by atoms with Crippen LogP contribution in [0.4, 0.5) is 0 Å². The van der Waals surface area contributed by atoms with Gasteiger partial charge in [-0.1, -0.05) is 198 Å². The third kappa shape index (κ3) is 39.5. The molecule has 0 aliphatic heterocycles. The lowest BCUT2D eigenvalue weighted by molar-refractivity contribution is -0.123. The molecule has 4 bridgehead atoms. The Hall–Kier alpha value is -6.44. The van der Waals surface area contributed by atoms with Gasteiger partial charge in [0, 0.05) is 7.11 Å². The van der Waals surface area contributed by atoms with Crippen molar-refractivity contribution in [2.75, 3.05) is 86.4 Å². The average molecular weight is 1520 g/mol. The van der Waals surface area contributed by atoms with Crippen LogP contribution in [0, 0.1) is 61.2 Å². The fourth-order valence-corrected chi connectivity index (χ4v) is 14.7. The Morgan fingerprint density at radius 3 is 0.881 bits per heavy atom. The number of hydrogen-bond acceptors (Lipinski definition) is 16. The third-order valence-electron chi connectivity index (χ3n) is 20.1. The van der Waals surface area contributed by atoms with E-state index in [4.69, 9.17) is 67.1 Å². The highest BCUT2D eigenvalue weighted by Crippen LogP contribution is 2.59. The molecule has 0 radical (unpaired) electrons. The zero-order chi connectivity index (χ0) is 80.4. The van der Waals surface area contributed by atoms with Gasteiger partial charge in [0.2, 0.25) is 0 Å². The molecule has 12 unspecified atom stereocenters. The molecular formula is C93H146O16. The molecule has 12 rings (SSSR count). The number of phenolic OH excluding ortho intramolecular Hbond substituents is 4. The predicted molar refractivity (Wildman–Crippen MR) is 443 cm³/mol. The monoisotopic (exact) mass is 1520 g/mol. The molecule has 0 heterocycles. The lowest BCUT2D eigenvalue weighted by Crippen LogP contribution is -2.21. The van der Waals surface area contributed by atoms with Gasteiger partial charge in [0.05, 0.1) is 79.3 Å². The van der Waals surface area contributed by atoms with Crippen LogP contribution in [0.1, 0.15) is 210 Å². The summed E-state index contributed by atoms with van der Waals surface area (Å²) >= 11 is 0. The number of hydrogen-bond donors (Lipinski definition) is 4. The molecule has 16 nitrogen and oxygen atoms in total. The molecule has 6 aromatic rings. The summed E-state index contributed by atoms with van der Waals surface area (Å²) in [5.41, 5.74) is 4.62. The average Bonchev–Trinajstić information content (AvgIpc) is 1.63. The second kappa shape index (κ2) is 55.9. The van der Waals surface area contributed by atoms with Gasteiger partial charge < -0.3 is 77.3 Å². The SMILES string of the molecule is C1CC2C3CCC(C3)C2C1.C1CC2C3CCC(C3)C2C1.CC.CC.CC.CC(OCCOCCOCCOC(C)Oc1ccc(C(C)(C)C)cc1O)Oc1ccc(C(C)(C)C)cc1O.COC(C)OCCOCCOCCOC(C)Oc1ccccc1.Cc1ccc(C)cc1.Oc1ccccc1.Oc1ccccc1. The summed E-state index contributed by atoms with van der Waals surface area (Å²) in [6.07, 6.45) is 17.5. The number of fused-ring (bicyclic) bond motifs is 10. The molecule has 109 heavy (non-hydrogen) atoms. The van der Waals surface area contributed by atoms with Crippen LogP contribution in [0.2, 0.25) is 0 Å². The Bertz CT molecular complexity index is 2950. The van der Waals surface area contributed by atoms with Crippen molar-refractivity contribution in [2.45, 2.75) is 238 Å². The van der Waals surface area contributed by atoms with Crippen molar-refractivity contribution in [3.05, 3.63) is 174 Å². The van der Waals surface area contributed by atoms with Gasteiger partial charge >= 0.3 is 0 Å². The Balaban J connectivity index is 0.000000362. The normalized spacial score (nSPS) is 20.2. The number of methoxy groups -OCH3 is 1. The standard InChI is InChI=1S/C30H46O8.C17H28O6.2C10H16.C8H10.2C6H6O.3C2H6/c1-21(37-27-11-9-23(19-25(27)31)29(3,4)5)35-17-15-33-13-14-34-16-18-36-22(2)38-28-12-10-24(20-26(28)32)30(6,7)8;1-15(18-3)21-13-11-19-9-10-20-12-14-22-16(2)23-17-7-5-4-6-8-17;2*1-2-9-7-4-5-8(6-7)10(9)3-1;1-7-3-5-8(2)6-4-7;2*7-6-4-2-1-3-5-6;3*1-2/h9-12,19-22,31-32H,13-18H2,1-8H3;4-8,15-16H,9-14H2,1-3H3;2*7-10H,1-6H2;3-6H,1-2H3;2*1-5,7H;3*1-2H3. The first-order valence-electron chi connectivity index (χ1n) is 41.0. The minimum atomic E-state index is -0.527. The first-order chi connectivity index (χ1) is 52.5. The highest BCUT2D eigenvalue weighted by atomic mass is 16.7. The van der Waals surface area contributed by atoms with E-state index in [1.807, 2.05) is 110 Å².